The molecule has 0 aliphatic heterocycles. The highest BCUT2D eigenvalue weighted by molar-refractivity contribution is 5.49. The van der Waals surface area contributed by atoms with E-state index in [9.17, 15) is 9.65 Å². The molecule has 0 bridgehead atoms. The van der Waals surface area contributed by atoms with Crippen LogP contribution in [0.1, 0.15) is 29.4 Å². The molecule has 0 saturated carbocycles. The maximum Gasteiger partial charge on any atom is 0.174 e. The van der Waals surface area contributed by atoms with E-state index in [4.69, 9.17) is 0 Å². The predicted molar refractivity (Wildman–Crippen MR) is 78.5 cm³/mol. The number of aryl methyl sites for hydroxylation is 1. The first kappa shape index (κ1) is 13.3. The van der Waals surface area contributed by atoms with Gasteiger partial charge in [-0.15, -0.1) is 0 Å². The summed E-state index contributed by atoms with van der Waals surface area (Å²) in [7, 11) is 0. The Morgan fingerprint density at radius 1 is 1.19 bits per heavy atom. The standard InChI is InChI=1S/C17H14FN3/c1-2-12-5-7-13(8-6-12)10-15-16(11-19)21-9-3-4-14(18)17(21)20-15/h3-9H,2,10H2,1H3. The number of fused-ring (bicyclic) bond motifs is 1. The summed E-state index contributed by atoms with van der Waals surface area (Å²) >= 11 is 0. The average Bonchev–Trinajstić information content (AvgIpc) is 2.87. The Hall–Kier alpha value is -2.67. The highest BCUT2D eigenvalue weighted by Gasteiger charge is 2.14. The number of imidazole rings is 1. The fraction of sp³-hybridized carbons (Fsp3) is 0.176. The number of halogens is 1. The third-order valence-electron chi connectivity index (χ3n) is 3.58. The zero-order valence-corrected chi connectivity index (χ0v) is 11.7. The lowest BCUT2D eigenvalue weighted by molar-refractivity contribution is 0.629. The van der Waals surface area contributed by atoms with Gasteiger partial charge in [0.1, 0.15) is 11.8 Å². The van der Waals surface area contributed by atoms with Crippen LogP contribution in [0.4, 0.5) is 4.39 Å². The van der Waals surface area contributed by atoms with Crippen molar-refractivity contribution in [2.24, 2.45) is 0 Å². The molecule has 0 amide bonds. The number of pyridine rings is 1. The van der Waals surface area contributed by atoms with Crippen molar-refractivity contribution in [1.29, 1.82) is 5.26 Å². The van der Waals surface area contributed by atoms with E-state index >= 15 is 0 Å². The molecule has 2 heterocycles. The van der Waals surface area contributed by atoms with Crippen LogP contribution >= 0.6 is 0 Å². The monoisotopic (exact) mass is 279 g/mol. The van der Waals surface area contributed by atoms with Crippen molar-refractivity contribution < 1.29 is 4.39 Å². The van der Waals surface area contributed by atoms with Gasteiger partial charge in [-0.05, 0) is 29.7 Å². The molecule has 104 valence electrons. The number of nitrogens with zero attached hydrogens (tertiary/aromatic N) is 3. The number of rotatable bonds is 3. The second-order valence-corrected chi connectivity index (χ2v) is 4.92. The molecule has 0 radical (unpaired) electrons. The summed E-state index contributed by atoms with van der Waals surface area (Å²) in [6.07, 6.45) is 3.17. The Labute approximate surface area is 122 Å². The number of benzene rings is 1. The summed E-state index contributed by atoms with van der Waals surface area (Å²) in [6.45, 7) is 2.10. The van der Waals surface area contributed by atoms with E-state index in [0.717, 1.165) is 12.0 Å². The normalized spacial score (nSPS) is 10.7. The lowest BCUT2D eigenvalue weighted by Crippen LogP contribution is -1.94. The molecule has 0 aliphatic rings. The molecule has 3 nitrogen and oxygen atoms in total. The zero-order valence-electron chi connectivity index (χ0n) is 11.7. The van der Waals surface area contributed by atoms with Crippen molar-refractivity contribution in [3.63, 3.8) is 0 Å². The van der Waals surface area contributed by atoms with Crippen LogP contribution in [0.2, 0.25) is 0 Å². The van der Waals surface area contributed by atoms with Crippen LogP contribution < -0.4 is 0 Å². The third-order valence-corrected chi connectivity index (χ3v) is 3.58. The zero-order chi connectivity index (χ0) is 14.8. The molecule has 0 atom stereocenters. The van der Waals surface area contributed by atoms with Crippen molar-refractivity contribution >= 4 is 5.65 Å². The van der Waals surface area contributed by atoms with Gasteiger partial charge in [0.25, 0.3) is 0 Å². The number of hydrogen-bond donors (Lipinski definition) is 0. The Bertz CT molecular complexity index is 826. The minimum Gasteiger partial charge on any atom is -0.289 e. The highest BCUT2D eigenvalue weighted by atomic mass is 19.1. The molecular weight excluding hydrogens is 265 g/mol. The Morgan fingerprint density at radius 2 is 1.90 bits per heavy atom. The Balaban J connectivity index is 2.03. The van der Waals surface area contributed by atoms with E-state index < -0.39 is 5.82 Å². The fourth-order valence-electron chi connectivity index (χ4n) is 2.41. The molecule has 0 fully saturated rings. The Morgan fingerprint density at radius 3 is 2.57 bits per heavy atom. The van der Waals surface area contributed by atoms with Gasteiger partial charge in [-0.25, -0.2) is 9.37 Å². The van der Waals surface area contributed by atoms with Crippen LogP contribution in [0.25, 0.3) is 5.65 Å². The molecule has 2 aromatic heterocycles. The molecule has 0 aliphatic carbocycles. The second kappa shape index (κ2) is 5.37. The molecule has 0 unspecified atom stereocenters. The van der Waals surface area contributed by atoms with Crippen molar-refractivity contribution in [2.75, 3.05) is 0 Å². The maximum absolute atomic E-state index is 13.8. The molecule has 4 heteroatoms. The van der Waals surface area contributed by atoms with Crippen LogP contribution in [0.15, 0.2) is 42.6 Å². The molecule has 3 rings (SSSR count). The van der Waals surface area contributed by atoms with Crippen LogP contribution in [-0.4, -0.2) is 9.38 Å². The smallest absolute Gasteiger partial charge is 0.174 e. The predicted octanol–water partition coefficient (Wildman–Crippen LogP) is 3.50. The summed E-state index contributed by atoms with van der Waals surface area (Å²) in [5.74, 6) is -0.415. The molecule has 0 saturated heterocycles. The quantitative estimate of drug-likeness (QED) is 0.736. The highest BCUT2D eigenvalue weighted by Crippen LogP contribution is 2.18. The van der Waals surface area contributed by atoms with E-state index in [1.807, 2.05) is 12.1 Å². The van der Waals surface area contributed by atoms with E-state index in [1.165, 1.54) is 16.0 Å². The van der Waals surface area contributed by atoms with Gasteiger partial charge >= 0.3 is 0 Å². The molecule has 3 aromatic rings. The SMILES string of the molecule is CCc1ccc(Cc2nc3c(F)cccn3c2C#N)cc1. The molecule has 21 heavy (non-hydrogen) atoms. The van der Waals surface area contributed by atoms with Gasteiger partial charge in [0.15, 0.2) is 11.5 Å². The van der Waals surface area contributed by atoms with Gasteiger partial charge in [0, 0.05) is 12.6 Å². The first-order valence-electron chi connectivity index (χ1n) is 6.86. The lowest BCUT2D eigenvalue weighted by Gasteiger charge is -2.01. The minimum absolute atomic E-state index is 0.203. The molecular formula is C17H14FN3. The van der Waals surface area contributed by atoms with Gasteiger partial charge in [-0.3, -0.25) is 4.40 Å². The van der Waals surface area contributed by atoms with Crippen LogP contribution in [0.5, 0.6) is 0 Å². The van der Waals surface area contributed by atoms with E-state index in [0.29, 0.717) is 17.8 Å². The number of aromatic nitrogens is 2. The first-order chi connectivity index (χ1) is 10.2. The topological polar surface area (TPSA) is 41.1 Å². The van der Waals surface area contributed by atoms with Crippen LogP contribution in [0, 0.1) is 17.1 Å². The van der Waals surface area contributed by atoms with E-state index in [-0.39, 0.29) is 5.65 Å². The van der Waals surface area contributed by atoms with E-state index in [2.05, 4.69) is 30.1 Å². The third kappa shape index (κ3) is 2.38. The Kier molecular flexibility index (Phi) is 3.41. The van der Waals surface area contributed by atoms with Gasteiger partial charge in [0.2, 0.25) is 0 Å². The van der Waals surface area contributed by atoms with Crippen molar-refractivity contribution in [2.45, 2.75) is 19.8 Å². The van der Waals surface area contributed by atoms with E-state index in [1.54, 1.807) is 12.3 Å². The maximum atomic E-state index is 13.8. The fourth-order valence-corrected chi connectivity index (χ4v) is 2.41. The van der Waals surface area contributed by atoms with Crippen LogP contribution in [0.3, 0.4) is 0 Å². The largest absolute Gasteiger partial charge is 0.289 e. The van der Waals surface area contributed by atoms with Gasteiger partial charge in [-0.1, -0.05) is 31.2 Å². The summed E-state index contributed by atoms with van der Waals surface area (Å²) < 4.78 is 15.3. The molecule has 0 N–H and O–H groups in total. The molecule has 1 aromatic carbocycles. The van der Waals surface area contributed by atoms with Gasteiger partial charge < -0.3 is 0 Å². The van der Waals surface area contributed by atoms with Crippen molar-refractivity contribution in [3.8, 4) is 6.07 Å². The van der Waals surface area contributed by atoms with Gasteiger partial charge in [0.05, 0.1) is 5.69 Å². The van der Waals surface area contributed by atoms with Crippen molar-refractivity contribution in [3.05, 3.63) is 70.9 Å². The summed E-state index contributed by atoms with van der Waals surface area (Å²) in [5, 5.41) is 9.32. The second-order valence-electron chi connectivity index (χ2n) is 4.92. The number of nitriles is 1. The van der Waals surface area contributed by atoms with Crippen LogP contribution in [-0.2, 0) is 12.8 Å². The summed E-state index contributed by atoms with van der Waals surface area (Å²) in [5.41, 5.74) is 3.53. The van der Waals surface area contributed by atoms with Crippen molar-refractivity contribution in [1.82, 2.24) is 9.38 Å². The number of hydrogen-bond acceptors (Lipinski definition) is 2. The summed E-state index contributed by atoms with van der Waals surface area (Å²) in [6, 6.07) is 13.2. The first-order valence-corrected chi connectivity index (χ1v) is 6.86. The average molecular weight is 279 g/mol. The lowest BCUT2D eigenvalue weighted by atomic mass is 10.1. The minimum atomic E-state index is -0.415. The van der Waals surface area contributed by atoms with Gasteiger partial charge in [-0.2, -0.15) is 5.26 Å². The summed E-state index contributed by atoms with van der Waals surface area (Å²) in [4.78, 5) is 4.29. The molecule has 0 spiro atoms.